The molecule has 0 aliphatic rings. The second-order valence-electron chi connectivity index (χ2n) is 1.62. The summed E-state index contributed by atoms with van der Waals surface area (Å²) in [4.78, 5) is 20.6. The van der Waals surface area contributed by atoms with Crippen LogP contribution >= 0.6 is 0 Å². The van der Waals surface area contributed by atoms with Crippen molar-refractivity contribution in [2.45, 2.75) is 6.92 Å². The van der Waals surface area contributed by atoms with Gasteiger partial charge in [-0.2, -0.15) is 0 Å². The van der Waals surface area contributed by atoms with Crippen LogP contribution in [0, 0.1) is 0 Å². The molecule has 0 atom stereocenters. The summed E-state index contributed by atoms with van der Waals surface area (Å²) in [7, 11) is 0. The van der Waals surface area contributed by atoms with Gasteiger partial charge in [-0.25, -0.2) is 0 Å². The molecule has 0 bridgehead atoms. The SMILES string of the molecule is C=CC(=O)NC=COC(C)=O. The number of hydrogen-bond acceptors (Lipinski definition) is 3. The highest BCUT2D eigenvalue weighted by Gasteiger charge is 1.87. The van der Waals surface area contributed by atoms with Crippen LogP contribution in [0.2, 0.25) is 0 Å². The van der Waals surface area contributed by atoms with Gasteiger partial charge in [0.2, 0.25) is 5.91 Å². The minimum absolute atomic E-state index is 0.353. The predicted molar refractivity (Wildman–Crippen MR) is 39.2 cm³/mol. The molecule has 0 aromatic carbocycles. The first-order chi connectivity index (χ1) is 5.16. The van der Waals surface area contributed by atoms with E-state index in [9.17, 15) is 9.59 Å². The highest BCUT2D eigenvalue weighted by molar-refractivity contribution is 5.87. The van der Waals surface area contributed by atoms with Gasteiger partial charge < -0.3 is 10.1 Å². The fraction of sp³-hybridized carbons (Fsp3) is 0.143. The van der Waals surface area contributed by atoms with Crippen LogP contribution in [0.4, 0.5) is 0 Å². The fourth-order valence-corrected chi connectivity index (χ4v) is 0.305. The number of esters is 1. The monoisotopic (exact) mass is 155 g/mol. The van der Waals surface area contributed by atoms with E-state index in [-0.39, 0.29) is 5.91 Å². The Bertz CT molecular complexity index is 196. The molecule has 0 aliphatic carbocycles. The molecule has 0 spiro atoms. The molecule has 0 rings (SSSR count). The molecule has 0 aliphatic heterocycles. The molecule has 4 heteroatoms. The van der Waals surface area contributed by atoms with Crippen molar-refractivity contribution in [3.05, 3.63) is 25.1 Å². The van der Waals surface area contributed by atoms with Crippen molar-refractivity contribution in [2.24, 2.45) is 0 Å². The second-order valence-corrected chi connectivity index (χ2v) is 1.62. The van der Waals surface area contributed by atoms with Crippen LogP contribution in [-0.4, -0.2) is 11.9 Å². The first-order valence-corrected chi connectivity index (χ1v) is 2.92. The third kappa shape index (κ3) is 6.30. The summed E-state index contributed by atoms with van der Waals surface area (Å²) < 4.78 is 4.37. The van der Waals surface area contributed by atoms with Gasteiger partial charge in [-0.1, -0.05) is 6.58 Å². The van der Waals surface area contributed by atoms with Crippen molar-refractivity contribution in [1.29, 1.82) is 0 Å². The Labute approximate surface area is 64.5 Å². The molecule has 11 heavy (non-hydrogen) atoms. The van der Waals surface area contributed by atoms with Crippen molar-refractivity contribution < 1.29 is 14.3 Å². The molecule has 1 amide bonds. The quantitative estimate of drug-likeness (QED) is 0.363. The Morgan fingerprint density at radius 3 is 2.64 bits per heavy atom. The number of carbonyl (C=O) groups is 2. The number of nitrogens with one attached hydrogen (secondary N) is 1. The average Bonchev–Trinajstić information content (AvgIpc) is 1.97. The van der Waals surface area contributed by atoms with E-state index in [0.29, 0.717) is 0 Å². The molecule has 0 heterocycles. The molecule has 0 saturated carbocycles. The lowest BCUT2D eigenvalue weighted by Crippen LogP contribution is -2.13. The maximum Gasteiger partial charge on any atom is 0.307 e. The number of carbonyl (C=O) groups excluding carboxylic acids is 2. The molecular weight excluding hydrogens is 146 g/mol. The molecule has 0 radical (unpaired) electrons. The zero-order valence-electron chi connectivity index (χ0n) is 6.16. The molecule has 60 valence electrons. The van der Waals surface area contributed by atoms with Gasteiger partial charge in [0.05, 0.1) is 0 Å². The molecule has 0 unspecified atom stereocenters. The Hall–Kier alpha value is -1.58. The van der Waals surface area contributed by atoms with Crippen LogP contribution in [0.1, 0.15) is 6.92 Å². The standard InChI is InChI=1S/C7H9NO3/c1-3-7(10)8-4-5-11-6(2)9/h3-5H,1H2,2H3,(H,8,10). The Kier molecular flexibility index (Phi) is 4.47. The Morgan fingerprint density at radius 1 is 1.55 bits per heavy atom. The van der Waals surface area contributed by atoms with E-state index in [1.54, 1.807) is 0 Å². The molecule has 4 nitrogen and oxygen atoms in total. The van der Waals surface area contributed by atoms with E-state index < -0.39 is 5.97 Å². The number of ether oxygens (including phenoxy) is 1. The molecule has 0 fully saturated rings. The minimum Gasteiger partial charge on any atom is -0.433 e. The van der Waals surface area contributed by atoms with E-state index in [4.69, 9.17) is 0 Å². The van der Waals surface area contributed by atoms with Gasteiger partial charge in [0.25, 0.3) is 0 Å². The maximum atomic E-state index is 10.4. The van der Waals surface area contributed by atoms with E-state index in [0.717, 1.165) is 12.3 Å². The summed E-state index contributed by atoms with van der Waals surface area (Å²) >= 11 is 0. The van der Waals surface area contributed by atoms with Crippen LogP contribution in [0.25, 0.3) is 0 Å². The zero-order chi connectivity index (χ0) is 8.69. The summed E-state index contributed by atoms with van der Waals surface area (Å²) in [5, 5.41) is 2.27. The molecule has 0 aromatic rings. The zero-order valence-corrected chi connectivity index (χ0v) is 6.16. The summed E-state index contributed by atoms with van der Waals surface area (Å²) in [6.07, 6.45) is 3.41. The van der Waals surface area contributed by atoms with Crippen LogP contribution < -0.4 is 5.32 Å². The number of amides is 1. The summed E-state index contributed by atoms with van der Waals surface area (Å²) in [6.45, 7) is 4.48. The number of rotatable bonds is 3. The third-order valence-electron chi connectivity index (χ3n) is 0.713. The van der Waals surface area contributed by atoms with Gasteiger partial charge >= 0.3 is 5.97 Å². The van der Waals surface area contributed by atoms with Gasteiger partial charge in [0.1, 0.15) is 6.26 Å². The van der Waals surface area contributed by atoms with Crippen molar-refractivity contribution in [2.75, 3.05) is 0 Å². The average molecular weight is 155 g/mol. The summed E-state index contributed by atoms with van der Waals surface area (Å²) in [5.74, 6) is -0.789. The predicted octanol–water partition coefficient (Wildman–Crippen LogP) is 0.323. The molecular formula is C7H9NO3. The summed E-state index contributed by atoms with van der Waals surface area (Å²) in [6, 6.07) is 0. The van der Waals surface area contributed by atoms with E-state index >= 15 is 0 Å². The fourth-order valence-electron chi connectivity index (χ4n) is 0.305. The van der Waals surface area contributed by atoms with Crippen LogP contribution in [0.5, 0.6) is 0 Å². The van der Waals surface area contributed by atoms with E-state index in [2.05, 4.69) is 16.6 Å². The lowest BCUT2D eigenvalue weighted by molar-refractivity contribution is -0.135. The van der Waals surface area contributed by atoms with Gasteiger partial charge in [-0.3, -0.25) is 9.59 Å². The van der Waals surface area contributed by atoms with Crippen molar-refractivity contribution >= 4 is 11.9 Å². The smallest absolute Gasteiger partial charge is 0.307 e. The van der Waals surface area contributed by atoms with E-state index in [1.807, 2.05) is 0 Å². The lowest BCUT2D eigenvalue weighted by atomic mass is 10.6. The normalized spacial score (nSPS) is 9.18. The van der Waals surface area contributed by atoms with Crippen molar-refractivity contribution in [3.8, 4) is 0 Å². The lowest BCUT2D eigenvalue weighted by Gasteiger charge is -1.91. The largest absolute Gasteiger partial charge is 0.433 e. The Balaban J connectivity index is 3.52. The maximum absolute atomic E-state index is 10.4. The number of hydrogen-bond donors (Lipinski definition) is 1. The molecule has 1 N–H and O–H groups in total. The second kappa shape index (κ2) is 5.22. The first kappa shape index (κ1) is 9.42. The van der Waals surface area contributed by atoms with Gasteiger partial charge in [0.15, 0.2) is 0 Å². The topological polar surface area (TPSA) is 55.4 Å². The first-order valence-electron chi connectivity index (χ1n) is 2.92. The highest BCUT2D eigenvalue weighted by Crippen LogP contribution is 1.76. The highest BCUT2D eigenvalue weighted by atomic mass is 16.5. The van der Waals surface area contributed by atoms with Gasteiger partial charge in [-0.05, 0) is 6.08 Å². The molecule has 0 saturated heterocycles. The van der Waals surface area contributed by atoms with Gasteiger partial charge in [-0.15, -0.1) is 0 Å². The Morgan fingerprint density at radius 2 is 2.18 bits per heavy atom. The summed E-state index contributed by atoms with van der Waals surface area (Å²) in [5.41, 5.74) is 0. The van der Waals surface area contributed by atoms with Crippen LogP contribution in [0.15, 0.2) is 25.1 Å². The van der Waals surface area contributed by atoms with E-state index in [1.165, 1.54) is 13.1 Å². The van der Waals surface area contributed by atoms with Crippen molar-refractivity contribution in [1.82, 2.24) is 5.32 Å². The molecule has 0 aromatic heterocycles. The minimum atomic E-state index is -0.436. The van der Waals surface area contributed by atoms with Crippen LogP contribution in [0.3, 0.4) is 0 Å². The van der Waals surface area contributed by atoms with Crippen molar-refractivity contribution in [3.63, 3.8) is 0 Å². The van der Waals surface area contributed by atoms with Crippen LogP contribution in [-0.2, 0) is 14.3 Å². The third-order valence-corrected chi connectivity index (χ3v) is 0.713. The van der Waals surface area contributed by atoms with Gasteiger partial charge in [0, 0.05) is 13.1 Å².